The molecule has 4 aromatic carbocycles. The Morgan fingerprint density at radius 1 is 0.481 bits per heavy atom. The summed E-state index contributed by atoms with van der Waals surface area (Å²) in [7, 11) is 0. The van der Waals surface area contributed by atoms with Gasteiger partial charge in [0.15, 0.2) is 0 Å². The molecule has 0 nitrogen and oxygen atoms in total. The van der Waals surface area contributed by atoms with Crippen LogP contribution < -0.4 is 14.3 Å². The molecule has 0 bridgehead atoms. The Hall–Kier alpha value is -1.97. The van der Waals surface area contributed by atoms with Crippen LogP contribution in [0, 0.1) is 0 Å². The molecule has 0 heterocycles. The van der Waals surface area contributed by atoms with E-state index < -0.39 is 18.4 Å². The second-order valence-electron chi connectivity index (χ2n) is 6.55. The summed E-state index contributed by atoms with van der Waals surface area (Å²) < 4.78 is 6.00. The maximum absolute atomic E-state index is 3.42. The van der Waals surface area contributed by atoms with E-state index in [0.717, 1.165) is 0 Å². The summed E-state index contributed by atoms with van der Waals surface area (Å²) in [6.45, 7) is 0. The van der Waals surface area contributed by atoms with Gasteiger partial charge in [-0.2, -0.15) is 0 Å². The first kappa shape index (κ1) is 18.4. The van der Waals surface area contributed by atoms with E-state index in [9.17, 15) is 0 Å². The summed E-state index contributed by atoms with van der Waals surface area (Å²) in [5.41, 5.74) is 0. The van der Waals surface area contributed by atoms with Gasteiger partial charge in [0, 0.05) is 0 Å². The predicted molar refractivity (Wildman–Crippen MR) is 122 cm³/mol. The molecule has 0 aliphatic rings. The fourth-order valence-corrected chi connectivity index (χ4v) is 20.1. The zero-order valence-corrected chi connectivity index (χ0v) is 19.0. The third-order valence-electron chi connectivity index (χ3n) is 5.13. The number of benzene rings is 4. The minimum absolute atomic E-state index is 1.39. The molecule has 0 atom stereocenters. The van der Waals surface area contributed by atoms with Crippen molar-refractivity contribution in [3.8, 4) is 0 Å². The van der Waals surface area contributed by atoms with Crippen molar-refractivity contribution in [2.75, 3.05) is 6.26 Å². The molecule has 132 valence electrons. The summed E-state index contributed by atoms with van der Waals surface area (Å²) >= 11 is -1.57. The molecule has 0 N–H and O–H groups in total. The normalized spacial score (nSPS) is 11.3. The predicted octanol–water partition coefficient (Wildman–Crippen LogP) is 3.79. The van der Waals surface area contributed by atoms with Crippen LogP contribution in [0.3, 0.4) is 0 Å². The van der Waals surface area contributed by atoms with Crippen molar-refractivity contribution < 1.29 is 0 Å². The van der Waals surface area contributed by atoms with Crippen LogP contribution in [0.15, 0.2) is 120 Å². The van der Waals surface area contributed by atoms with Crippen LogP contribution in [0.1, 0.15) is 0 Å². The van der Waals surface area contributed by atoms with Gasteiger partial charge < -0.3 is 0 Å². The molecule has 0 aliphatic heterocycles. The van der Waals surface area contributed by atoms with E-state index in [1.807, 2.05) is 11.8 Å². The van der Waals surface area contributed by atoms with Crippen molar-refractivity contribution >= 4 is 44.5 Å². The second kappa shape index (κ2) is 8.37. The Morgan fingerprint density at radius 3 is 1.26 bits per heavy atom. The van der Waals surface area contributed by atoms with Gasteiger partial charge in [-0.15, -0.1) is 0 Å². The third kappa shape index (κ3) is 3.35. The summed E-state index contributed by atoms with van der Waals surface area (Å²) in [4.78, 5) is 1.39. The number of thioether (sulfide) groups is 1. The molecule has 0 amide bonds. The molecule has 27 heavy (non-hydrogen) atoms. The van der Waals surface area contributed by atoms with Gasteiger partial charge in [-0.1, -0.05) is 0 Å². The zero-order chi connectivity index (χ0) is 18.5. The first-order valence-corrected chi connectivity index (χ1v) is 16.1. The van der Waals surface area contributed by atoms with Crippen LogP contribution in [0.5, 0.6) is 0 Å². The fraction of sp³-hybridized carbons (Fsp3) is 0.0400. The Labute approximate surface area is 170 Å². The van der Waals surface area contributed by atoms with E-state index in [4.69, 9.17) is 0 Å². The van der Waals surface area contributed by atoms with E-state index in [2.05, 4.69) is 122 Å². The van der Waals surface area contributed by atoms with Crippen LogP contribution in [0.4, 0.5) is 0 Å². The summed E-state index contributed by atoms with van der Waals surface area (Å²) in [5, 5.41) is 0. The average molecular weight is 473 g/mol. The van der Waals surface area contributed by atoms with Crippen molar-refractivity contribution in [2.24, 2.45) is 0 Å². The molecule has 4 aromatic rings. The van der Waals surface area contributed by atoms with Crippen LogP contribution in [-0.4, -0.2) is 24.6 Å². The number of hydrogen-bond acceptors (Lipinski definition) is 1. The molecule has 0 aliphatic carbocycles. The first-order valence-electron chi connectivity index (χ1n) is 9.17. The van der Waals surface area contributed by atoms with E-state index in [1.165, 1.54) is 19.2 Å². The molecule has 2 heteroatoms. The van der Waals surface area contributed by atoms with Crippen LogP contribution in [0.2, 0.25) is 0 Å². The van der Waals surface area contributed by atoms with Gasteiger partial charge in [0.25, 0.3) is 0 Å². The standard InChI is InChI=1S/C7H7S.3C6H5.Sn/c1-8-7-5-3-2-4-6-7;3*1-2-4-6-5-3-1;/h2-5H,1H3;3*1-5H;. The fourth-order valence-electron chi connectivity index (χ4n) is 3.99. The van der Waals surface area contributed by atoms with Gasteiger partial charge in [-0.25, -0.2) is 0 Å². The molecule has 0 saturated heterocycles. The molecule has 0 spiro atoms. The first-order chi connectivity index (χ1) is 13.4. The van der Waals surface area contributed by atoms with Gasteiger partial charge >= 0.3 is 171 Å². The molecule has 0 fully saturated rings. The zero-order valence-electron chi connectivity index (χ0n) is 15.4. The summed E-state index contributed by atoms with van der Waals surface area (Å²) in [6.07, 6.45) is 2.19. The Kier molecular flexibility index (Phi) is 5.70. The van der Waals surface area contributed by atoms with Crippen LogP contribution >= 0.6 is 11.8 Å². The van der Waals surface area contributed by atoms with Gasteiger partial charge in [-0.3, -0.25) is 0 Å². The van der Waals surface area contributed by atoms with Crippen LogP contribution in [-0.2, 0) is 0 Å². The van der Waals surface area contributed by atoms with Crippen molar-refractivity contribution in [3.05, 3.63) is 115 Å². The van der Waals surface area contributed by atoms with Crippen LogP contribution in [0.25, 0.3) is 0 Å². The molecule has 4 rings (SSSR count). The van der Waals surface area contributed by atoms with Gasteiger partial charge in [0.1, 0.15) is 0 Å². The van der Waals surface area contributed by atoms with Gasteiger partial charge in [0.2, 0.25) is 0 Å². The molecule has 0 aromatic heterocycles. The maximum atomic E-state index is 2.37. The van der Waals surface area contributed by atoms with Crippen molar-refractivity contribution in [3.63, 3.8) is 0 Å². The summed E-state index contributed by atoms with van der Waals surface area (Å²) in [5.74, 6) is 0. The molecule has 0 saturated carbocycles. The molecule has 0 unspecified atom stereocenters. The van der Waals surface area contributed by atoms with Gasteiger partial charge in [0.05, 0.1) is 0 Å². The topological polar surface area (TPSA) is 0 Å². The Morgan fingerprint density at radius 2 is 0.852 bits per heavy atom. The molecular weight excluding hydrogens is 451 g/mol. The number of rotatable bonds is 5. The Balaban J connectivity index is 2.17. The number of hydrogen-bond donors (Lipinski definition) is 0. The molecular formula is C25H22SSn. The minimum atomic E-state index is -3.42. The van der Waals surface area contributed by atoms with E-state index in [0.29, 0.717) is 0 Å². The SMILES string of the molecule is CSc1cccc[c]1[Sn]([c]1ccccc1)([c]1ccccc1)[c]1ccccc1. The summed E-state index contributed by atoms with van der Waals surface area (Å²) in [6, 6.07) is 42.6. The second-order valence-corrected chi connectivity index (χ2v) is 18.2. The van der Waals surface area contributed by atoms with E-state index in [-0.39, 0.29) is 0 Å². The van der Waals surface area contributed by atoms with Crippen molar-refractivity contribution in [1.82, 2.24) is 0 Å². The van der Waals surface area contributed by atoms with E-state index >= 15 is 0 Å². The van der Waals surface area contributed by atoms with E-state index in [1.54, 1.807) is 0 Å². The quantitative estimate of drug-likeness (QED) is 0.314. The average Bonchev–Trinajstić information content (AvgIpc) is 2.77. The Bertz CT molecular complexity index is 901. The molecule has 0 radical (unpaired) electrons. The monoisotopic (exact) mass is 474 g/mol. The van der Waals surface area contributed by atoms with Crippen molar-refractivity contribution in [2.45, 2.75) is 4.90 Å². The third-order valence-corrected chi connectivity index (χ3v) is 20.3. The van der Waals surface area contributed by atoms with Crippen molar-refractivity contribution in [1.29, 1.82) is 0 Å². The van der Waals surface area contributed by atoms with Gasteiger partial charge in [-0.05, 0) is 0 Å².